The van der Waals surface area contributed by atoms with Crippen LogP contribution in [-0.2, 0) is 6.42 Å². The maximum Gasteiger partial charge on any atom is 0.105 e. The Balaban J connectivity index is 1.77. The van der Waals surface area contributed by atoms with Crippen molar-refractivity contribution in [1.29, 1.82) is 0 Å². The maximum absolute atomic E-state index is 6.13. The van der Waals surface area contributed by atoms with Crippen LogP contribution in [0.2, 0.25) is 0 Å². The highest BCUT2D eigenvalue weighted by molar-refractivity contribution is 5.18. The molecule has 96 valence electrons. The van der Waals surface area contributed by atoms with E-state index in [1.165, 1.54) is 0 Å². The zero-order valence-corrected chi connectivity index (χ0v) is 10.7. The third kappa shape index (κ3) is 3.72. The average molecular weight is 244 g/mol. The molecule has 0 amide bonds. The minimum Gasteiger partial charge on any atom is -0.469 e. The molecule has 0 saturated heterocycles. The van der Waals surface area contributed by atoms with Gasteiger partial charge in [-0.3, -0.25) is 0 Å². The molecule has 3 nitrogen and oxygen atoms in total. The van der Waals surface area contributed by atoms with Crippen molar-refractivity contribution in [2.45, 2.75) is 25.4 Å². The molecule has 0 radical (unpaired) electrons. The van der Waals surface area contributed by atoms with E-state index in [0.29, 0.717) is 6.04 Å². The smallest absolute Gasteiger partial charge is 0.105 e. The molecule has 2 unspecified atom stereocenters. The lowest BCUT2D eigenvalue weighted by Gasteiger charge is -2.17. The lowest BCUT2D eigenvalue weighted by molar-refractivity contribution is 0.447. The van der Waals surface area contributed by atoms with Crippen molar-refractivity contribution in [1.82, 2.24) is 5.32 Å². The van der Waals surface area contributed by atoms with Crippen molar-refractivity contribution in [2.75, 3.05) is 6.54 Å². The van der Waals surface area contributed by atoms with Crippen molar-refractivity contribution >= 4 is 0 Å². The van der Waals surface area contributed by atoms with Crippen molar-refractivity contribution < 1.29 is 4.42 Å². The lowest BCUT2D eigenvalue weighted by atomic mass is 10.1. The Kier molecular flexibility index (Phi) is 4.56. The summed E-state index contributed by atoms with van der Waals surface area (Å²) in [5.41, 5.74) is 7.29. The van der Waals surface area contributed by atoms with Crippen LogP contribution in [0.1, 0.15) is 24.3 Å². The first-order valence-electron chi connectivity index (χ1n) is 6.32. The molecule has 0 aliphatic rings. The number of benzene rings is 1. The second kappa shape index (κ2) is 6.38. The summed E-state index contributed by atoms with van der Waals surface area (Å²) in [4.78, 5) is 0. The predicted octanol–water partition coefficient (Wildman–Crippen LogP) is 2.50. The van der Waals surface area contributed by atoms with Gasteiger partial charge in [0.1, 0.15) is 5.76 Å². The first-order valence-corrected chi connectivity index (χ1v) is 6.32. The van der Waals surface area contributed by atoms with Crippen molar-refractivity contribution in [3.05, 3.63) is 60.1 Å². The molecular weight excluding hydrogens is 224 g/mol. The van der Waals surface area contributed by atoms with E-state index >= 15 is 0 Å². The van der Waals surface area contributed by atoms with Crippen molar-refractivity contribution in [3.8, 4) is 0 Å². The third-order valence-electron chi connectivity index (χ3n) is 3.00. The molecule has 1 aromatic carbocycles. The molecule has 0 aliphatic heterocycles. The summed E-state index contributed by atoms with van der Waals surface area (Å²) >= 11 is 0. The summed E-state index contributed by atoms with van der Waals surface area (Å²) in [6, 6.07) is 14.4. The van der Waals surface area contributed by atoms with E-state index in [2.05, 4.69) is 24.4 Å². The molecule has 0 spiro atoms. The van der Waals surface area contributed by atoms with E-state index < -0.39 is 0 Å². The first-order chi connectivity index (χ1) is 8.75. The predicted molar refractivity (Wildman–Crippen MR) is 73.2 cm³/mol. The third-order valence-corrected chi connectivity index (χ3v) is 3.00. The summed E-state index contributed by atoms with van der Waals surface area (Å²) < 4.78 is 5.32. The number of rotatable bonds is 6. The number of hydrogen-bond donors (Lipinski definition) is 2. The van der Waals surface area contributed by atoms with Gasteiger partial charge in [0.25, 0.3) is 0 Å². The molecular formula is C15H20N2O. The average Bonchev–Trinajstić information content (AvgIpc) is 2.90. The Morgan fingerprint density at radius 1 is 1.17 bits per heavy atom. The van der Waals surface area contributed by atoms with E-state index in [1.54, 1.807) is 6.26 Å². The highest BCUT2D eigenvalue weighted by atomic mass is 16.3. The van der Waals surface area contributed by atoms with E-state index in [1.807, 2.05) is 30.3 Å². The fraction of sp³-hybridized carbons (Fsp3) is 0.333. The number of nitrogens with two attached hydrogens (primary N) is 1. The van der Waals surface area contributed by atoms with Crippen LogP contribution >= 0.6 is 0 Å². The maximum atomic E-state index is 6.13. The number of furan rings is 1. The number of hydrogen-bond acceptors (Lipinski definition) is 3. The van der Waals surface area contributed by atoms with Gasteiger partial charge in [0.05, 0.1) is 6.26 Å². The van der Waals surface area contributed by atoms with Crippen LogP contribution in [0.25, 0.3) is 0 Å². The Morgan fingerprint density at radius 2 is 1.94 bits per heavy atom. The van der Waals surface area contributed by atoms with Crippen LogP contribution in [0.3, 0.4) is 0 Å². The van der Waals surface area contributed by atoms with Gasteiger partial charge in [-0.15, -0.1) is 0 Å². The quantitative estimate of drug-likeness (QED) is 0.821. The molecule has 18 heavy (non-hydrogen) atoms. The van der Waals surface area contributed by atoms with Crippen LogP contribution in [-0.4, -0.2) is 12.6 Å². The summed E-state index contributed by atoms with van der Waals surface area (Å²) in [7, 11) is 0. The fourth-order valence-electron chi connectivity index (χ4n) is 1.95. The molecule has 2 aromatic rings. The largest absolute Gasteiger partial charge is 0.469 e. The molecule has 3 heteroatoms. The van der Waals surface area contributed by atoms with Gasteiger partial charge >= 0.3 is 0 Å². The van der Waals surface area contributed by atoms with Crippen LogP contribution < -0.4 is 11.1 Å². The topological polar surface area (TPSA) is 51.2 Å². The summed E-state index contributed by atoms with van der Waals surface area (Å²) in [5.74, 6) is 1.00. The molecule has 1 aromatic heterocycles. The van der Waals surface area contributed by atoms with Gasteiger partial charge in [0.15, 0.2) is 0 Å². The molecule has 0 saturated carbocycles. The fourth-order valence-corrected chi connectivity index (χ4v) is 1.95. The van der Waals surface area contributed by atoms with Crippen LogP contribution in [0.4, 0.5) is 0 Å². The van der Waals surface area contributed by atoms with Gasteiger partial charge in [0, 0.05) is 25.0 Å². The Labute approximate surface area is 108 Å². The van der Waals surface area contributed by atoms with Crippen molar-refractivity contribution in [3.63, 3.8) is 0 Å². The lowest BCUT2D eigenvalue weighted by Crippen LogP contribution is -2.34. The van der Waals surface area contributed by atoms with E-state index in [4.69, 9.17) is 10.2 Å². The normalized spacial score (nSPS) is 14.3. The zero-order valence-electron chi connectivity index (χ0n) is 10.7. The minimum atomic E-state index is 0.0326. The summed E-state index contributed by atoms with van der Waals surface area (Å²) in [5, 5.41) is 3.43. The van der Waals surface area contributed by atoms with Crippen LogP contribution in [0.15, 0.2) is 53.1 Å². The van der Waals surface area contributed by atoms with E-state index in [0.717, 1.165) is 24.3 Å². The minimum absolute atomic E-state index is 0.0326. The monoisotopic (exact) mass is 244 g/mol. The Bertz CT molecular complexity index is 439. The van der Waals surface area contributed by atoms with Gasteiger partial charge in [-0.25, -0.2) is 0 Å². The second-order valence-corrected chi connectivity index (χ2v) is 4.61. The van der Waals surface area contributed by atoms with E-state index in [9.17, 15) is 0 Å². The van der Waals surface area contributed by atoms with Gasteiger partial charge in [-0.05, 0) is 24.6 Å². The summed E-state index contributed by atoms with van der Waals surface area (Å²) in [6.45, 7) is 2.91. The summed E-state index contributed by atoms with van der Waals surface area (Å²) in [6.07, 6.45) is 2.59. The zero-order chi connectivity index (χ0) is 12.8. The molecule has 1 heterocycles. The molecule has 2 atom stereocenters. The number of nitrogens with one attached hydrogen (secondary N) is 1. The molecule has 0 aliphatic carbocycles. The molecule has 2 rings (SSSR count). The molecule has 0 bridgehead atoms. The van der Waals surface area contributed by atoms with E-state index in [-0.39, 0.29) is 6.04 Å². The van der Waals surface area contributed by atoms with Crippen LogP contribution in [0.5, 0.6) is 0 Å². The van der Waals surface area contributed by atoms with Gasteiger partial charge in [-0.1, -0.05) is 30.3 Å². The second-order valence-electron chi connectivity index (χ2n) is 4.61. The molecule has 3 N–H and O–H groups in total. The Hall–Kier alpha value is -1.58. The Morgan fingerprint density at radius 3 is 2.61 bits per heavy atom. The van der Waals surface area contributed by atoms with Crippen molar-refractivity contribution in [2.24, 2.45) is 5.73 Å². The van der Waals surface area contributed by atoms with Gasteiger partial charge < -0.3 is 15.5 Å². The highest BCUT2D eigenvalue weighted by Gasteiger charge is 2.09. The van der Waals surface area contributed by atoms with Gasteiger partial charge in [0.2, 0.25) is 0 Å². The molecule has 0 fully saturated rings. The van der Waals surface area contributed by atoms with Gasteiger partial charge in [-0.2, -0.15) is 0 Å². The van der Waals surface area contributed by atoms with Crippen LogP contribution in [0, 0.1) is 0 Å². The SMILES string of the molecule is CC(Cc1ccco1)NCC(N)c1ccccc1. The standard InChI is InChI=1S/C15H20N2O/c1-12(10-14-8-5-9-18-14)17-11-15(16)13-6-3-2-4-7-13/h2-9,12,15,17H,10-11,16H2,1H3. The highest BCUT2D eigenvalue weighted by Crippen LogP contribution is 2.09. The first kappa shape index (κ1) is 12.9.